The average Bonchev–Trinajstić information content (AvgIpc) is 0.811. The minimum absolute atomic E-state index is 0. The summed E-state index contributed by atoms with van der Waals surface area (Å²) in [7, 11) is 0. The summed E-state index contributed by atoms with van der Waals surface area (Å²) in [6.45, 7) is 1.19. The summed E-state index contributed by atoms with van der Waals surface area (Å²) < 4.78 is 0. The first-order valence-corrected chi connectivity index (χ1v) is 0.954. The number of carbonyl (C=O) groups is 1. The molecule has 0 aromatic rings. The van der Waals surface area contributed by atoms with Crippen molar-refractivity contribution in [2.24, 2.45) is 0 Å². The minimum atomic E-state index is -0.583. The molecule has 60 valence electrons. The molecule has 0 fully saturated rings. The van der Waals surface area contributed by atoms with Gasteiger partial charge in [0.05, 0.1) is 0 Å². The Balaban J connectivity index is -0.00000000450. The van der Waals surface area contributed by atoms with Crippen molar-refractivity contribution in [3.05, 3.63) is 35.4 Å². The predicted octanol–water partition coefficient (Wildman–Crippen LogP) is 2.38. The molecule has 0 bridgehead atoms. The molecular formula is C6H16HfNO-5. The largest absolute Gasteiger partial charge is 0.668 e. The van der Waals surface area contributed by atoms with Gasteiger partial charge in [0.1, 0.15) is 0 Å². The van der Waals surface area contributed by atoms with E-state index in [4.69, 9.17) is 10.5 Å². The average molecular weight is 297 g/mol. The fourth-order valence-corrected chi connectivity index (χ4v) is 0. The topological polar surface area (TPSA) is 40.9 Å². The normalized spacial score (nSPS) is 2.78. The van der Waals surface area contributed by atoms with Crippen molar-refractivity contribution >= 4 is 5.91 Å². The maximum atomic E-state index is 9.11. The van der Waals surface area contributed by atoms with Crippen LogP contribution in [0.2, 0.25) is 0 Å². The van der Waals surface area contributed by atoms with Crippen molar-refractivity contribution in [2.75, 3.05) is 0 Å². The maximum absolute atomic E-state index is 9.11. The van der Waals surface area contributed by atoms with Crippen molar-refractivity contribution in [1.29, 1.82) is 0 Å². The maximum Gasteiger partial charge on any atom is 0.0456 e. The molecule has 0 aliphatic carbocycles. The molecule has 0 saturated carbocycles. The quantitative estimate of drug-likeness (QED) is 0.500. The molecule has 0 aromatic heterocycles. The number of nitrogens with one attached hydrogen (secondary N) is 1. The van der Waals surface area contributed by atoms with Gasteiger partial charge in [-0.05, 0) is 6.92 Å². The molecule has 0 unspecified atom stereocenters. The summed E-state index contributed by atoms with van der Waals surface area (Å²) in [6, 6.07) is 0. The number of carbonyl (C=O) groups excluding carboxylic acids is 1. The van der Waals surface area contributed by atoms with E-state index >= 15 is 0 Å². The van der Waals surface area contributed by atoms with Crippen LogP contribution in [0.5, 0.6) is 0 Å². The van der Waals surface area contributed by atoms with E-state index in [1.165, 1.54) is 6.92 Å². The summed E-state index contributed by atoms with van der Waals surface area (Å²) >= 11 is 0. The van der Waals surface area contributed by atoms with E-state index in [1.54, 1.807) is 0 Å². The van der Waals surface area contributed by atoms with Crippen molar-refractivity contribution in [1.82, 2.24) is 0 Å². The SMILES string of the molecule is CC([NH-])=O.[CH3-].[CH3-].[CH3-].[CH3-].[Hf]. The molecule has 1 amide bonds. The molecule has 1 N–H and O–H groups in total. The van der Waals surface area contributed by atoms with E-state index in [2.05, 4.69) is 0 Å². The number of hydrogen-bond donors (Lipinski definition) is 0. The van der Waals surface area contributed by atoms with Crippen LogP contribution >= 0.6 is 0 Å². The molecule has 0 aromatic carbocycles. The van der Waals surface area contributed by atoms with E-state index in [9.17, 15) is 0 Å². The number of amides is 1. The molecule has 9 heavy (non-hydrogen) atoms. The molecule has 3 heteroatoms. The van der Waals surface area contributed by atoms with E-state index in [1.807, 2.05) is 0 Å². The van der Waals surface area contributed by atoms with Crippen LogP contribution in [0.1, 0.15) is 6.92 Å². The zero-order valence-corrected chi connectivity index (χ0v) is 10.5. The van der Waals surface area contributed by atoms with Crippen LogP contribution in [0.15, 0.2) is 0 Å². The standard InChI is InChI=1S/C2H5NO.4CH3.Hf/c1-2(3)4;;;;;/h1H3,(H2,3,4);4*1H3;/q;4*-1;/p-1. The molecule has 0 aliphatic heterocycles. The van der Waals surface area contributed by atoms with Gasteiger partial charge in [0.15, 0.2) is 0 Å². The third-order valence-corrected chi connectivity index (χ3v) is 0. The second-order valence-corrected chi connectivity index (χ2v) is 0.556. The zero-order valence-electron chi connectivity index (χ0n) is 6.91. The van der Waals surface area contributed by atoms with E-state index in [-0.39, 0.29) is 55.5 Å². The van der Waals surface area contributed by atoms with Gasteiger partial charge in [-0.1, -0.05) is 0 Å². The molecule has 0 spiro atoms. The second-order valence-electron chi connectivity index (χ2n) is 0.556. The van der Waals surface area contributed by atoms with Crippen LogP contribution < -0.4 is 0 Å². The molecule has 0 aliphatic rings. The Morgan fingerprint density at radius 3 is 1.11 bits per heavy atom. The summed E-state index contributed by atoms with van der Waals surface area (Å²) in [5.41, 5.74) is 5.94. The predicted molar refractivity (Wildman–Crippen MR) is 40.7 cm³/mol. The van der Waals surface area contributed by atoms with E-state index < -0.39 is 5.91 Å². The Morgan fingerprint density at radius 2 is 1.11 bits per heavy atom. The molecule has 0 radical (unpaired) electrons. The van der Waals surface area contributed by atoms with Gasteiger partial charge in [-0.15, -0.1) is 0 Å². The second kappa shape index (κ2) is 40.3. The summed E-state index contributed by atoms with van der Waals surface area (Å²) in [4.78, 5) is 9.11. The smallest absolute Gasteiger partial charge is 0.0456 e. The van der Waals surface area contributed by atoms with Crippen molar-refractivity contribution in [3.8, 4) is 0 Å². The molecule has 0 rings (SSSR count). The first-order valence-electron chi connectivity index (χ1n) is 0.954. The summed E-state index contributed by atoms with van der Waals surface area (Å²) in [5.74, 6) is -0.583. The van der Waals surface area contributed by atoms with Gasteiger partial charge < -0.3 is 40.2 Å². The Bertz CT molecular complexity index is 36.0. The van der Waals surface area contributed by atoms with Crippen LogP contribution in [-0.2, 0) is 30.6 Å². The third kappa shape index (κ3) is 2900. The molecule has 0 saturated heterocycles. The van der Waals surface area contributed by atoms with E-state index in [0.29, 0.717) is 0 Å². The van der Waals surface area contributed by atoms with Gasteiger partial charge >= 0.3 is 0 Å². The first kappa shape index (κ1) is 58.2. The Hall–Kier alpha value is 0.340. The summed E-state index contributed by atoms with van der Waals surface area (Å²) in [6.07, 6.45) is 0. The van der Waals surface area contributed by atoms with Gasteiger partial charge in [-0.25, -0.2) is 0 Å². The molecule has 0 atom stereocenters. The van der Waals surface area contributed by atoms with Crippen LogP contribution in [-0.4, -0.2) is 5.91 Å². The molecule has 0 heterocycles. The fourth-order valence-electron chi connectivity index (χ4n) is 0. The zero-order chi connectivity index (χ0) is 3.58. The fraction of sp³-hybridized carbons (Fsp3) is 0.167. The third-order valence-electron chi connectivity index (χ3n) is 0. The minimum Gasteiger partial charge on any atom is -0.668 e. The van der Waals surface area contributed by atoms with Gasteiger partial charge in [-0.2, -0.15) is 0 Å². The Kier molecular flexibility index (Phi) is 261. The van der Waals surface area contributed by atoms with Gasteiger partial charge in [0.2, 0.25) is 0 Å². The van der Waals surface area contributed by atoms with Crippen LogP contribution in [0.25, 0.3) is 5.73 Å². The van der Waals surface area contributed by atoms with Crippen LogP contribution in [0.4, 0.5) is 0 Å². The van der Waals surface area contributed by atoms with Crippen LogP contribution in [0, 0.1) is 29.7 Å². The van der Waals surface area contributed by atoms with Crippen molar-refractivity contribution in [3.63, 3.8) is 0 Å². The number of rotatable bonds is 0. The Labute approximate surface area is 79.0 Å². The Morgan fingerprint density at radius 1 is 1.11 bits per heavy atom. The van der Waals surface area contributed by atoms with Gasteiger partial charge in [0, 0.05) is 31.8 Å². The monoisotopic (exact) mass is 298 g/mol. The van der Waals surface area contributed by atoms with Crippen LogP contribution in [0.3, 0.4) is 0 Å². The van der Waals surface area contributed by atoms with Gasteiger partial charge in [-0.3, -0.25) is 0 Å². The molecule has 2 nitrogen and oxygen atoms in total. The van der Waals surface area contributed by atoms with Gasteiger partial charge in [0.25, 0.3) is 0 Å². The molecular weight excluding hydrogens is 281 g/mol. The summed E-state index contributed by atoms with van der Waals surface area (Å²) in [5, 5.41) is 0. The first-order chi connectivity index (χ1) is 1.73. The van der Waals surface area contributed by atoms with Crippen molar-refractivity contribution in [2.45, 2.75) is 6.92 Å². The van der Waals surface area contributed by atoms with E-state index in [0.717, 1.165) is 0 Å². The van der Waals surface area contributed by atoms with Crippen molar-refractivity contribution < 1.29 is 30.6 Å². The number of hydrogen-bond acceptors (Lipinski definition) is 1.